The van der Waals surface area contributed by atoms with Crippen LogP contribution in [-0.4, -0.2) is 109 Å². The molecule has 3 saturated heterocycles. The number of hydrogen-bond donors (Lipinski definition) is 3. The Kier molecular flexibility index (Phi) is 10.4. The van der Waals surface area contributed by atoms with Crippen LogP contribution in [0.25, 0.3) is 16.8 Å². The summed E-state index contributed by atoms with van der Waals surface area (Å²) in [6.45, 7) is 7.71. The lowest BCUT2D eigenvalue weighted by atomic mass is 9.89. The second kappa shape index (κ2) is 15.9. The Morgan fingerprint density at radius 3 is 2.47 bits per heavy atom. The molecule has 1 unspecified atom stereocenters. The fourth-order valence-corrected chi connectivity index (χ4v) is 9.41. The molecule has 3 fully saturated rings. The maximum absolute atomic E-state index is 12.6. The van der Waals surface area contributed by atoms with Crippen LogP contribution in [0.4, 0.5) is 28.6 Å². The quantitative estimate of drug-likeness (QED) is 0.172. The maximum Gasteiger partial charge on any atom is 0.271 e. The van der Waals surface area contributed by atoms with Crippen molar-refractivity contribution in [1.82, 2.24) is 35.1 Å². The normalized spacial score (nSPS) is 19.1. The molecule has 0 saturated carbocycles. The molecule has 4 aliphatic heterocycles. The smallest absolute Gasteiger partial charge is 0.271 e. The van der Waals surface area contributed by atoms with Crippen molar-refractivity contribution in [1.29, 1.82) is 0 Å². The van der Waals surface area contributed by atoms with Crippen LogP contribution in [0.5, 0.6) is 0 Å². The zero-order chi connectivity index (χ0) is 39.9. The van der Waals surface area contributed by atoms with Gasteiger partial charge in [-0.05, 0) is 78.6 Å². The van der Waals surface area contributed by atoms with E-state index in [1.165, 1.54) is 11.1 Å². The van der Waals surface area contributed by atoms with Gasteiger partial charge in [-0.1, -0.05) is 23.7 Å². The second-order valence-electron chi connectivity index (χ2n) is 15.7. The molecule has 58 heavy (non-hydrogen) atoms. The van der Waals surface area contributed by atoms with Gasteiger partial charge in [0.25, 0.3) is 5.91 Å². The number of benzene rings is 2. The number of aromatic nitrogens is 4. The first-order valence-electron chi connectivity index (χ1n) is 20.3. The van der Waals surface area contributed by atoms with E-state index in [-0.39, 0.29) is 17.7 Å². The number of carbonyl (C=O) groups is 3. The molecular formula is C43H48ClN11O3. The van der Waals surface area contributed by atoms with Gasteiger partial charge in [-0.3, -0.25) is 29.6 Å². The van der Waals surface area contributed by atoms with E-state index in [0.717, 1.165) is 111 Å². The number of anilines is 5. The Labute approximate surface area is 342 Å². The zero-order valence-corrected chi connectivity index (χ0v) is 33.6. The number of nitrogens with zero attached hydrogens (tertiary/aromatic N) is 8. The molecule has 0 radical (unpaired) electrons. The minimum atomic E-state index is -0.391. The van der Waals surface area contributed by atoms with E-state index >= 15 is 0 Å². The Morgan fingerprint density at radius 2 is 1.69 bits per heavy atom. The minimum absolute atomic E-state index is 0.216. The van der Waals surface area contributed by atoms with Crippen LogP contribution >= 0.6 is 11.6 Å². The van der Waals surface area contributed by atoms with Gasteiger partial charge < -0.3 is 25.3 Å². The van der Waals surface area contributed by atoms with Crippen LogP contribution in [0.2, 0.25) is 5.02 Å². The molecule has 3 N–H and O–H groups in total. The molecule has 0 spiro atoms. The number of fused-ring (bicyclic) bond motifs is 2. The van der Waals surface area contributed by atoms with Gasteiger partial charge in [0.2, 0.25) is 11.8 Å². The minimum Gasteiger partial charge on any atom is -0.385 e. The Balaban J connectivity index is 0.825. The molecule has 7 heterocycles. The number of piperidine rings is 2. The summed E-state index contributed by atoms with van der Waals surface area (Å²) in [4.78, 5) is 55.8. The van der Waals surface area contributed by atoms with E-state index in [0.29, 0.717) is 35.1 Å². The standard InChI is InChI=1S/C43H48ClN11O3/c1-45-36-22-39(50-55-38(43(58)46-2)25-48-41(36)55)54-15-12-32-31(4-3-5-37(32)54)28-20-30(24-47-23-28)53-18-16-51(17-19-53)26-27-10-13-52(14-11-27)29-6-8-35(44)34(21-29)33-7-9-40(56)49-42(33)57/h3-6,8,20-25,27,33,45H,7,9-19,26H2,1-2H3,(H,46,58)(H,49,56,57). The molecular weight excluding hydrogens is 754 g/mol. The Morgan fingerprint density at radius 1 is 0.879 bits per heavy atom. The lowest BCUT2D eigenvalue weighted by molar-refractivity contribution is -0.134. The molecule has 9 rings (SSSR count). The maximum atomic E-state index is 12.6. The highest BCUT2D eigenvalue weighted by molar-refractivity contribution is 6.31. The molecule has 3 amide bonds. The van der Waals surface area contributed by atoms with Crippen molar-refractivity contribution in [3.63, 3.8) is 0 Å². The number of piperazine rings is 1. The lowest BCUT2D eigenvalue weighted by Gasteiger charge is -2.40. The van der Waals surface area contributed by atoms with Crippen molar-refractivity contribution in [2.75, 3.05) is 86.5 Å². The Hall–Kier alpha value is -5.73. The van der Waals surface area contributed by atoms with Gasteiger partial charge in [-0.2, -0.15) is 0 Å². The molecule has 300 valence electrons. The van der Waals surface area contributed by atoms with Crippen LogP contribution in [0.1, 0.15) is 53.2 Å². The molecule has 2 aromatic carbocycles. The molecule has 0 bridgehead atoms. The topological polar surface area (TPSA) is 143 Å². The summed E-state index contributed by atoms with van der Waals surface area (Å²) in [5.41, 5.74) is 9.46. The summed E-state index contributed by atoms with van der Waals surface area (Å²) in [5, 5.41) is 13.8. The first kappa shape index (κ1) is 37.8. The lowest BCUT2D eigenvalue weighted by Crippen LogP contribution is -2.49. The number of rotatable bonds is 9. The predicted molar refractivity (Wildman–Crippen MR) is 226 cm³/mol. The number of halogens is 1. The largest absolute Gasteiger partial charge is 0.385 e. The number of imide groups is 1. The molecule has 0 aliphatic carbocycles. The van der Waals surface area contributed by atoms with Crippen LogP contribution in [0.15, 0.2) is 67.1 Å². The number of pyridine rings is 1. The van der Waals surface area contributed by atoms with Crippen molar-refractivity contribution in [3.8, 4) is 11.1 Å². The fourth-order valence-electron chi connectivity index (χ4n) is 9.16. The predicted octanol–water partition coefficient (Wildman–Crippen LogP) is 5.10. The summed E-state index contributed by atoms with van der Waals surface area (Å²) < 4.78 is 1.61. The number of hydrogen-bond acceptors (Lipinski definition) is 11. The molecule has 3 aromatic heterocycles. The van der Waals surface area contributed by atoms with Gasteiger partial charge in [-0.15, -0.1) is 5.10 Å². The van der Waals surface area contributed by atoms with Gasteiger partial charge >= 0.3 is 0 Å². The van der Waals surface area contributed by atoms with Crippen LogP contribution in [0.3, 0.4) is 0 Å². The van der Waals surface area contributed by atoms with E-state index < -0.39 is 5.92 Å². The fraction of sp³-hybridized carbons (Fsp3) is 0.395. The Bertz CT molecular complexity index is 2380. The van der Waals surface area contributed by atoms with Crippen LogP contribution in [-0.2, 0) is 16.0 Å². The third kappa shape index (κ3) is 7.19. The first-order valence-corrected chi connectivity index (χ1v) is 20.6. The van der Waals surface area contributed by atoms with Gasteiger partial charge in [0.05, 0.1) is 29.7 Å². The van der Waals surface area contributed by atoms with Crippen molar-refractivity contribution in [3.05, 3.63) is 89.0 Å². The van der Waals surface area contributed by atoms with Crippen LogP contribution in [0, 0.1) is 5.92 Å². The molecule has 4 aliphatic rings. The van der Waals surface area contributed by atoms with Crippen molar-refractivity contribution in [2.45, 2.75) is 38.0 Å². The van der Waals surface area contributed by atoms with Crippen molar-refractivity contribution in [2.24, 2.45) is 5.92 Å². The molecule has 14 nitrogen and oxygen atoms in total. The molecule has 1 atom stereocenters. The summed E-state index contributed by atoms with van der Waals surface area (Å²) in [6, 6.07) is 16.7. The highest BCUT2D eigenvalue weighted by atomic mass is 35.5. The third-order valence-electron chi connectivity index (χ3n) is 12.4. The summed E-state index contributed by atoms with van der Waals surface area (Å²) in [7, 11) is 3.45. The van der Waals surface area contributed by atoms with E-state index in [4.69, 9.17) is 21.7 Å². The number of imidazole rings is 1. The summed E-state index contributed by atoms with van der Waals surface area (Å²) in [6.07, 6.45) is 9.42. The average Bonchev–Trinajstić information content (AvgIpc) is 3.89. The first-order chi connectivity index (χ1) is 28.3. The van der Waals surface area contributed by atoms with Crippen molar-refractivity contribution >= 4 is 63.5 Å². The van der Waals surface area contributed by atoms with Gasteiger partial charge in [0, 0.05) is 107 Å². The highest BCUT2D eigenvalue weighted by Gasteiger charge is 2.31. The van der Waals surface area contributed by atoms with E-state index in [9.17, 15) is 14.4 Å². The zero-order valence-electron chi connectivity index (χ0n) is 32.9. The summed E-state index contributed by atoms with van der Waals surface area (Å²) >= 11 is 6.55. The molecule has 5 aromatic rings. The molecule has 15 heteroatoms. The van der Waals surface area contributed by atoms with Gasteiger partial charge in [0.1, 0.15) is 0 Å². The SMILES string of the molecule is CNC(=O)c1cnc2c(NC)cc(N3CCc4c(-c5cncc(N6CCN(CC7CCN(c8ccc(Cl)c(C9CCC(=O)NC9=O)c8)CC7)CC6)c5)cccc43)nn12. The van der Waals surface area contributed by atoms with Crippen molar-refractivity contribution < 1.29 is 14.4 Å². The van der Waals surface area contributed by atoms with E-state index in [1.807, 2.05) is 37.6 Å². The highest BCUT2D eigenvalue weighted by Crippen LogP contribution is 2.41. The van der Waals surface area contributed by atoms with E-state index in [2.05, 4.69) is 70.9 Å². The van der Waals surface area contributed by atoms with Gasteiger partial charge in [-0.25, -0.2) is 9.50 Å². The average molecular weight is 802 g/mol. The summed E-state index contributed by atoms with van der Waals surface area (Å²) in [5.74, 6) is 0.273. The number of amides is 3. The number of carbonyl (C=O) groups excluding carboxylic acids is 3. The monoisotopic (exact) mass is 801 g/mol. The second-order valence-corrected chi connectivity index (χ2v) is 16.1. The van der Waals surface area contributed by atoms with Crippen LogP contribution < -0.4 is 30.7 Å². The van der Waals surface area contributed by atoms with Gasteiger partial charge in [0.15, 0.2) is 17.2 Å². The van der Waals surface area contributed by atoms with E-state index in [1.54, 1.807) is 17.8 Å². The third-order valence-corrected chi connectivity index (χ3v) is 12.7. The number of nitrogens with one attached hydrogen (secondary N) is 3.